The van der Waals surface area contributed by atoms with Gasteiger partial charge in [-0.15, -0.1) is 0 Å². The van der Waals surface area contributed by atoms with Gasteiger partial charge in [0.05, 0.1) is 12.8 Å². The smallest absolute Gasteiger partial charge is 0.354 e. The van der Waals surface area contributed by atoms with Gasteiger partial charge in [0, 0.05) is 85.3 Å². The number of ketones is 1. The van der Waals surface area contributed by atoms with Crippen LogP contribution in [-0.4, -0.2) is 125 Å². The highest BCUT2D eigenvalue weighted by molar-refractivity contribution is 6.03. The molecule has 0 bridgehead atoms. The van der Waals surface area contributed by atoms with E-state index >= 15 is 0 Å². The van der Waals surface area contributed by atoms with Crippen molar-refractivity contribution < 1.29 is 23.9 Å². The fourth-order valence-corrected chi connectivity index (χ4v) is 6.83. The number of carbonyl (C=O) groups excluding carboxylic acids is 4. The van der Waals surface area contributed by atoms with Crippen LogP contribution in [0.3, 0.4) is 0 Å². The van der Waals surface area contributed by atoms with E-state index in [9.17, 15) is 19.2 Å². The Kier molecular flexibility index (Phi) is 13.8. The Labute approximate surface area is 337 Å². The van der Waals surface area contributed by atoms with Crippen molar-refractivity contribution in [3.05, 3.63) is 167 Å². The van der Waals surface area contributed by atoms with Crippen LogP contribution in [-0.2, 0) is 4.74 Å². The second kappa shape index (κ2) is 19.7. The lowest BCUT2D eigenvalue weighted by molar-refractivity contribution is 0.0569. The average Bonchev–Trinajstić information content (AvgIpc) is 3.93. The maximum Gasteiger partial charge on any atom is 0.354 e. The van der Waals surface area contributed by atoms with Crippen LogP contribution in [0.25, 0.3) is 31.5 Å². The number of Topliss-reactive ketones (excluding diaryl/α,β-unsaturated/α-hetero) is 1. The van der Waals surface area contributed by atoms with Gasteiger partial charge in [-0.05, 0) is 48.5 Å². The molecule has 294 valence electrons. The largest absolute Gasteiger partial charge is 0.464 e. The van der Waals surface area contributed by atoms with Gasteiger partial charge in [0.15, 0.2) is 0 Å². The van der Waals surface area contributed by atoms with E-state index in [-0.39, 0.29) is 23.6 Å². The van der Waals surface area contributed by atoms with E-state index in [1.165, 1.54) is 7.11 Å². The number of hydrogen-bond donors (Lipinski definition) is 2. The number of nitrogens with one attached hydrogen (secondary N) is 2. The molecule has 1 atom stereocenters. The topological polar surface area (TPSA) is 131 Å². The molecule has 0 radical (unpaired) electrons. The van der Waals surface area contributed by atoms with Crippen molar-refractivity contribution in [2.75, 3.05) is 66.1 Å². The van der Waals surface area contributed by atoms with Crippen molar-refractivity contribution in [2.24, 2.45) is 0 Å². The number of piperazine rings is 2. The molecule has 2 saturated heterocycles. The number of aromatic nitrogens is 2. The zero-order chi connectivity index (χ0) is 40.9. The number of H-pyrrole nitrogens is 2. The lowest BCUT2D eigenvalue weighted by Gasteiger charge is -2.34. The number of fused-ring (bicyclic) bond motifs is 2. The van der Waals surface area contributed by atoms with Crippen molar-refractivity contribution in [3.63, 3.8) is 0 Å². The van der Waals surface area contributed by atoms with Gasteiger partial charge >= 0.3 is 12.1 Å². The van der Waals surface area contributed by atoms with Gasteiger partial charge < -0.3 is 24.5 Å². The molecule has 0 saturated carbocycles. The fourth-order valence-electron chi connectivity index (χ4n) is 6.83. The van der Waals surface area contributed by atoms with Crippen LogP contribution in [0, 0.1) is 13.1 Å². The Morgan fingerprint density at radius 2 is 1.07 bits per heavy atom. The van der Waals surface area contributed by atoms with E-state index < -0.39 is 6.17 Å². The summed E-state index contributed by atoms with van der Waals surface area (Å²) in [5.41, 5.74) is 4.17. The van der Waals surface area contributed by atoms with Gasteiger partial charge in [0.25, 0.3) is 24.3 Å². The monoisotopic (exact) mass is 776 g/mol. The Morgan fingerprint density at radius 3 is 1.53 bits per heavy atom. The second-order valence-corrected chi connectivity index (χ2v) is 13.7. The minimum atomic E-state index is -0.873. The quantitative estimate of drug-likeness (QED) is 0.110. The Hall–Kier alpha value is -7.06. The third kappa shape index (κ3) is 10.0. The van der Waals surface area contributed by atoms with Gasteiger partial charge in [-0.1, -0.05) is 72.8 Å². The molecule has 2 N–H and O–H groups in total. The zero-order valence-corrected chi connectivity index (χ0v) is 32.2. The van der Waals surface area contributed by atoms with Gasteiger partial charge in [-0.3, -0.25) is 24.1 Å². The van der Waals surface area contributed by atoms with E-state index in [1.807, 2.05) is 107 Å². The van der Waals surface area contributed by atoms with Gasteiger partial charge in [-0.2, -0.15) is 0 Å². The molecule has 2 aliphatic rings. The SMILES string of the molecule is COC(=O)c1cc2ccccc2[nH]1.[C-]#[N+]C(C(=O)c1cc2ccccc2[nH]1)N1CCN(C(=O)c2ccccc2)CC1.[C-]#[N+]CN1CCN(C(=O)c2ccccc2)CC1. The molecule has 58 heavy (non-hydrogen) atoms. The van der Waals surface area contributed by atoms with Crippen LogP contribution in [0.4, 0.5) is 0 Å². The summed E-state index contributed by atoms with van der Waals surface area (Å²) in [6.45, 7) is 19.8. The number of ether oxygens (including phenoxy) is 1. The summed E-state index contributed by atoms with van der Waals surface area (Å²) < 4.78 is 4.60. The van der Waals surface area contributed by atoms with Crippen molar-refractivity contribution in [2.45, 2.75) is 6.17 Å². The van der Waals surface area contributed by atoms with Gasteiger partial charge in [0.1, 0.15) is 5.69 Å². The summed E-state index contributed by atoms with van der Waals surface area (Å²) >= 11 is 0. The lowest BCUT2D eigenvalue weighted by atomic mass is 10.1. The molecule has 13 nitrogen and oxygen atoms in total. The summed E-state index contributed by atoms with van der Waals surface area (Å²) in [5, 5.41) is 1.97. The average molecular weight is 777 g/mol. The summed E-state index contributed by atoms with van der Waals surface area (Å²) in [5.74, 6) is -0.486. The number of amides is 2. The number of carbonyl (C=O) groups is 4. The van der Waals surface area contributed by atoms with Crippen molar-refractivity contribution in [1.82, 2.24) is 29.6 Å². The van der Waals surface area contributed by atoms with Crippen molar-refractivity contribution in [3.8, 4) is 0 Å². The molecular formula is C45H44N8O5. The molecule has 0 aliphatic carbocycles. The first-order valence-corrected chi connectivity index (χ1v) is 18.9. The maximum absolute atomic E-state index is 12.9. The molecule has 6 aromatic rings. The van der Waals surface area contributed by atoms with E-state index in [2.05, 4.69) is 29.3 Å². The fraction of sp³-hybridized carbons (Fsp3) is 0.244. The maximum atomic E-state index is 12.9. The Bertz CT molecular complexity index is 2350. The van der Waals surface area contributed by atoms with E-state index in [4.69, 9.17) is 13.1 Å². The molecule has 2 aliphatic heterocycles. The second-order valence-electron chi connectivity index (χ2n) is 13.7. The summed E-state index contributed by atoms with van der Waals surface area (Å²) in [6, 6.07) is 37.5. The molecule has 0 spiro atoms. The van der Waals surface area contributed by atoms with Gasteiger partial charge in [-0.25, -0.2) is 27.7 Å². The van der Waals surface area contributed by atoms with E-state index in [0.29, 0.717) is 62.9 Å². The lowest BCUT2D eigenvalue weighted by Crippen LogP contribution is -2.53. The number of methoxy groups -OCH3 is 1. The van der Waals surface area contributed by atoms with Crippen molar-refractivity contribution in [1.29, 1.82) is 0 Å². The number of hydrogen-bond acceptors (Lipinski definition) is 7. The minimum absolute atomic E-state index is 0.0124. The normalized spacial score (nSPS) is 14.8. The Balaban J connectivity index is 0.000000161. The number of benzene rings is 4. The molecular weight excluding hydrogens is 733 g/mol. The summed E-state index contributed by atoms with van der Waals surface area (Å²) in [6.07, 6.45) is -0.873. The first-order valence-electron chi connectivity index (χ1n) is 18.9. The number of rotatable bonds is 7. The summed E-state index contributed by atoms with van der Waals surface area (Å²) in [4.78, 5) is 69.3. The van der Waals surface area contributed by atoms with Crippen LogP contribution >= 0.6 is 0 Å². The molecule has 8 rings (SSSR count). The van der Waals surface area contributed by atoms with Crippen LogP contribution in [0.1, 0.15) is 41.7 Å². The molecule has 2 fully saturated rings. The number of esters is 1. The predicted molar refractivity (Wildman–Crippen MR) is 222 cm³/mol. The van der Waals surface area contributed by atoms with Crippen molar-refractivity contribution >= 4 is 45.4 Å². The highest BCUT2D eigenvalue weighted by atomic mass is 16.5. The van der Waals surface area contributed by atoms with Crippen LogP contribution < -0.4 is 0 Å². The molecule has 1 unspecified atom stereocenters. The third-order valence-electron chi connectivity index (χ3n) is 10.0. The molecule has 2 amide bonds. The highest BCUT2D eigenvalue weighted by Crippen LogP contribution is 2.20. The molecule has 13 heteroatoms. The van der Waals surface area contributed by atoms with Crippen LogP contribution in [0.5, 0.6) is 0 Å². The third-order valence-corrected chi connectivity index (χ3v) is 10.0. The van der Waals surface area contributed by atoms with Crippen LogP contribution in [0.15, 0.2) is 121 Å². The zero-order valence-electron chi connectivity index (χ0n) is 32.2. The molecule has 4 aromatic carbocycles. The summed E-state index contributed by atoms with van der Waals surface area (Å²) in [7, 11) is 1.37. The minimum Gasteiger partial charge on any atom is -0.464 e. The predicted octanol–water partition coefficient (Wildman–Crippen LogP) is 6.33. The van der Waals surface area contributed by atoms with Crippen LogP contribution in [0.2, 0.25) is 0 Å². The standard InChI is InChI=1S/C22H20N4O2.C13H15N3O.C10H9NO2/c1-23-21(20(27)19-15-17-9-5-6-10-18(17)24-19)25-11-13-26(14-12-25)22(28)16-7-3-2-4-8-16;1-14-11-15-7-9-16(10-8-15)13(17)12-5-3-2-4-6-12;1-13-10(12)9-6-7-4-2-3-5-8(7)11-9/h2-10,15,21,24H,11-14H2;2-6H,7-11H2;2-6,11H,1H3. The Morgan fingerprint density at radius 1 is 0.621 bits per heavy atom. The van der Waals surface area contributed by atoms with E-state index in [0.717, 1.165) is 40.5 Å². The number of nitrogens with zero attached hydrogens (tertiary/aromatic N) is 6. The number of para-hydroxylation sites is 2. The van der Waals surface area contributed by atoms with Gasteiger partial charge in [0.2, 0.25) is 0 Å². The van der Waals surface area contributed by atoms with E-state index in [1.54, 1.807) is 29.2 Å². The first kappa shape index (κ1) is 40.6. The first-order chi connectivity index (χ1) is 28.3. The highest BCUT2D eigenvalue weighted by Gasteiger charge is 2.36. The number of aromatic amines is 2. The molecule has 2 aromatic heterocycles. The molecule has 4 heterocycles.